The van der Waals surface area contributed by atoms with Crippen molar-refractivity contribution in [3.05, 3.63) is 28.2 Å². The van der Waals surface area contributed by atoms with Crippen molar-refractivity contribution >= 4 is 15.9 Å². The molecule has 0 bridgehead atoms. The summed E-state index contributed by atoms with van der Waals surface area (Å²) < 4.78 is 6.83. The quantitative estimate of drug-likeness (QED) is 0.837. The van der Waals surface area contributed by atoms with Crippen molar-refractivity contribution in [2.24, 2.45) is 0 Å². The van der Waals surface area contributed by atoms with Gasteiger partial charge < -0.3 is 15.0 Å². The van der Waals surface area contributed by atoms with E-state index in [0.717, 1.165) is 36.5 Å². The first-order chi connectivity index (χ1) is 8.13. The minimum Gasteiger partial charge on any atom is -0.492 e. The Bertz CT molecular complexity index is 342. The zero-order chi connectivity index (χ0) is 12.7. The highest BCUT2D eigenvalue weighted by atomic mass is 79.9. The summed E-state index contributed by atoms with van der Waals surface area (Å²) in [7, 11) is 4.09. The summed E-state index contributed by atoms with van der Waals surface area (Å²) in [6.07, 6.45) is 0. The standard InChI is InChI=1S/C13H21BrN2O/c1-4-15-10-11-9-12(5-6-13(11)14)17-8-7-16(2)3/h5-6,9,15H,4,7-8,10H2,1-3H3. The maximum atomic E-state index is 5.70. The molecule has 0 aliphatic carbocycles. The molecule has 0 radical (unpaired) electrons. The normalized spacial score (nSPS) is 10.9. The molecule has 1 rings (SSSR count). The second-order valence-corrected chi connectivity index (χ2v) is 5.04. The number of likely N-dealkylation sites (N-methyl/N-ethyl adjacent to an activating group) is 1. The molecular weight excluding hydrogens is 280 g/mol. The van der Waals surface area contributed by atoms with Crippen LogP contribution in [0.1, 0.15) is 12.5 Å². The molecule has 0 saturated carbocycles. The first-order valence-electron chi connectivity index (χ1n) is 5.90. The van der Waals surface area contributed by atoms with Gasteiger partial charge in [0, 0.05) is 17.6 Å². The minimum atomic E-state index is 0.718. The molecule has 4 heteroatoms. The molecule has 96 valence electrons. The predicted octanol–water partition coefficient (Wildman–Crippen LogP) is 2.50. The summed E-state index contributed by atoms with van der Waals surface area (Å²) >= 11 is 3.55. The third-order valence-corrected chi connectivity index (χ3v) is 3.16. The molecule has 0 unspecified atom stereocenters. The number of hydrogen-bond donors (Lipinski definition) is 1. The lowest BCUT2D eigenvalue weighted by atomic mass is 10.2. The summed E-state index contributed by atoms with van der Waals surface area (Å²) in [6.45, 7) is 5.58. The summed E-state index contributed by atoms with van der Waals surface area (Å²) in [5, 5.41) is 3.31. The largest absolute Gasteiger partial charge is 0.492 e. The molecule has 1 N–H and O–H groups in total. The third-order valence-electron chi connectivity index (χ3n) is 2.39. The fourth-order valence-electron chi connectivity index (χ4n) is 1.38. The van der Waals surface area contributed by atoms with E-state index in [1.54, 1.807) is 0 Å². The van der Waals surface area contributed by atoms with Gasteiger partial charge in [-0.25, -0.2) is 0 Å². The average molecular weight is 301 g/mol. The van der Waals surface area contributed by atoms with Gasteiger partial charge in [-0.3, -0.25) is 0 Å². The fourth-order valence-corrected chi connectivity index (χ4v) is 1.77. The molecule has 3 nitrogen and oxygen atoms in total. The van der Waals surface area contributed by atoms with Crippen molar-refractivity contribution in [3.8, 4) is 5.75 Å². The Morgan fingerprint density at radius 1 is 1.35 bits per heavy atom. The molecule has 0 fully saturated rings. The predicted molar refractivity (Wildman–Crippen MR) is 75.6 cm³/mol. The zero-order valence-corrected chi connectivity index (χ0v) is 12.4. The molecule has 0 spiro atoms. The highest BCUT2D eigenvalue weighted by Crippen LogP contribution is 2.22. The van der Waals surface area contributed by atoms with Crippen molar-refractivity contribution in [1.82, 2.24) is 10.2 Å². The molecule has 17 heavy (non-hydrogen) atoms. The Hall–Kier alpha value is -0.580. The number of nitrogens with one attached hydrogen (secondary N) is 1. The van der Waals surface area contributed by atoms with Crippen LogP contribution >= 0.6 is 15.9 Å². The second kappa shape index (κ2) is 7.69. The van der Waals surface area contributed by atoms with Crippen LogP contribution in [0.25, 0.3) is 0 Å². The number of ether oxygens (including phenoxy) is 1. The first kappa shape index (κ1) is 14.5. The van der Waals surface area contributed by atoms with Gasteiger partial charge in [-0.1, -0.05) is 22.9 Å². The number of hydrogen-bond acceptors (Lipinski definition) is 3. The molecule has 1 aromatic rings. The van der Waals surface area contributed by atoms with E-state index in [4.69, 9.17) is 4.74 Å². The van der Waals surface area contributed by atoms with Crippen LogP contribution < -0.4 is 10.1 Å². The smallest absolute Gasteiger partial charge is 0.119 e. The van der Waals surface area contributed by atoms with E-state index in [1.165, 1.54) is 5.56 Å². The molecular formula is C13H21BrN2O. The number of halogens is 1. The lowest BCUT2D eigenvalue weighted by Crippen LogP contribution is -2.19. The lowest BCUT2D eigenvalue weighted by molar-refractivity contribution is 0.261. The van der Waals surface area contributed by atoms with E-state index in [9.17, 15) is 0 Å². The maximum absolute atomic E-state index is 5.70. The summed E-state index contributed by atoms with van der Waals surface area (Å²) in [5.41, 5.74) is 1.23. The van der Waals surface area contributed by atoms with E-state index < -0.39 is 0 Å². The van der Waals surface area contributed by atoms with Crippen molar-refractivity contribution in [2.45, 2.75) is 13.5 Å². The van der Waals surface area contributed by atoms with Crippen LogP contribution in [0.5, 0.6) is 5.75 Å². The van der Waals surface area contributed by atoms with Gasteiger partial charge in [0.15, 0.2) is 0 Å². The Morgan fingerprint density at radius 3 is 2.76 bits per heavy atom. The van der Waals surface area contributed by atoms with Crippen molar-refractivity contribution in [2.75, 3.05) is 33.8 Å². The maximum Gasteiger partial charge on any atom is 0.119 e. The van der Waals surface area contributed by atoms with Gasteiger partial charge in [0.1, 0.15) is 12.4 Å². The summed E-state index contributed by atoms with van der Waals surface area (Å²) in [4.78, 5) is 2.11. The molecule has 0 aliphatic heterocycles. The van der Waals surface area contributed by atoms with E-state index in [1.807, 2.05) is 26.2 Å². The van der Waals surface area contributed by atoms with Gasteiger partial charge >= 0.3 is 0 Å². The summed E-state index contributed by atoms with van der Waals surface area (Å²) in [6, 6.07) is 6.12. The fraction of sp³-hybridized carbons (Fsp3) is 0.538. The molecule has 0 aromatic heterocycles. The monoisotopic (exact) mass is 300 g/mol. The molecule has 0 amide bonds. The summed E-state index contributed by atoms with van der Waals surface area (Å²) in [5.74, 6) is 0.933. The van der Waals surface area contributed by atoms with Crippen LogP contribution in [0.2, 0.25) is 0 Å². The van der Waals surface area contributed by atoms with Crippen molar-refractivity contribution in [3.63, 3.8) is 0 Å². The van der Waals surface area contributed by atoms with Crippen LogP contribution in [-0.2, 0) is 6.54 Å². The Labute approximate surface area is 112 Å². The molecule has 0 aliphatic rings. The van der Waals surface area contributed by atoms with E-state index in [-0.39, 0.29) is 0 Å². The van der Waals surface area contributed by atoms with Gasteiger partial charge in [-0.15, -0.1) is 0 Å². The van der Waals surface area contributed by atoms with E-state index in [0.29, 0.717) is 0 Å². The van der Waals surface area contributed by atoms with E-state index >= 15 is 0 Å². The van der Waals surface area contributed by atoms with Crippen LogP contribution in [0.4, 0.5) is 0 Å². The van der Waals surface area contributed by atoms with Crippen molar-refractivity contribution < 1.29 is 4.74 Å². The highest BCUT2D eigenvalue weighted by Gasteiger charge is 2.02. The van der Waals surface area contributed by atoms with Gasteiger partial charge in [0.25, 0.3) is 0 Å². The lowest BCUT2D eigenvalue weighted by Gasteiger charge is -2.12. The first-order valence-corrected chi connectivity index (χ1v) is 6.69. The van der Waals surface area contributed by atoms with Gasteiger partial charge in [0.2, 0.25) is 0 Å². The van der Waals surface area contributed by atoms with Crippen LogP contribution in [-0.4, -0.2) is 38.7 Å². The van der Waals surface area contributed by atoms with Crippen LogP contribution in [0, 0.1) is 0 Å². The average Bonchev–Trinajstić information content (AvgIpc) is 2.29. The topological polar surface area (TPSA) is 24.5 Å². The molecule has 1 aromatic carbocycles. The number of benzene rings is 1. The molecule has 0 heterocycles. The van der Waals surface area contributed by atoms with Gasteiger partial charge in [-0.2, -0.15) is 0 Å². The second-order valence-electron chi connectivity index (χ2n) is 4.19. The Kier molecular flexibility index (Phi) is 6.55. The Balaban J connectivity index is 2.55. The SMILES string of the molecule is CCNCc1cc(OCCN(C)C)ccc1Br. The number of nitrogens with zero attached hydrogens (tertiary/aromatic N) is 1. The molecule has 0 atom stereocenters. The van der Waals surface area contributed by atoms with Gasteiger partial charge in [-0.05, 0) is 44.4 Å². The minimum absolute atomic E-state index is 0.718. The van der Waals surface area contributed by atoms with Crippen LogP contribution in [0.15, 0.2) is 22.7 Å². The third kappa shape index (κ3) is 5.52. The van der Waals surface area contributed by atoms with Crippen molar-refractivity contribution in [1.29, 1.82) is 0 Å². The van der Waals surface area contributed by atoms with E-state index in [2.05, 4.69) is 39.1 Å². The number of rotatable bonds is 7. The zero-order valence-electron chi connectivity index (χ0n) is 10.8. The molecule has 0 saturated heterocycles. The van der Waals surface area contributed by atoms with Crippen LogP contribution in [0.3, 0.4) is 0 Å². The Morgan fingerprint density at radius 2 is 2.12 bits per heavy atom. The van der Waals surface area contributed by atoms with Gasteiger partial charge in [0.05, 0.1) is 0 Å². The highest BCUT2D eigenvalue weighted by molar-refractivity contribution is 9.10.